The highest BCUT2D eigenvalue weighted by atomic mass is 19.2. The van der Waals surface area contributed by atoms with Crippen LogP contribution < -0.4 is 16.0 Å². The molecule has 36 heavy (non-hydrogen) atoms. The summed E-state index contributed by atoms with van der Waals surface area (Å²) in [4.78, 5) is 12.9. The van der Waals surface area contributed by atoms with Crippen molar-refractivity contribution in [1.29, 1.82) is 0 Å². The Balaban J connectivity index is 1.58. The van der Waals surface area contributed by atoms with Crippen LogP contribution in [0, 0.1) is 36.0 Å². The van der Waals surface area contributed by atoms with Gasteiger partial charge in [-0.2, -0.15) is 15.0 Å². The average molecular weight is 498 g/mol. The molecule has 0 atom stereocenters. The second kappa shape index (κ2) is 10.4. The molecule has 0 spiro atoms. The van der Waals surface area contributed by atoms with Crippen LogP contribution in [0.3, 0.4) is 0 Å². The number of rotatable bonds is 7. The topological polar surface area (TPSA) is 74.8 Å². The Kier molecular flexibility index (Phi) is 7.09. The monoisotopic (exact) mass is 498 g/mol. The van der Waals surface area contributed by atoms with Crippen LogP contribution in [0.15, 0.2) is 48.5 Å². The van der Waals surface area contributed by atoms with E-state index in [0.717, 1.165) is 17.3 Å². The molecule has 1 aromatic heterocycles. The summed E-state index contributed by atoms with van der Waals surface area (Å²) in [6.45, 7) is 1.96. The third-order valence-electron chi connectivity index (χ3n) is 4.96. The molecular weight excluding hydrogens is 479 g/mol. The summed E-state index contributed by atoms with van der Waals surface area (Å²) in [7, 11) is 1.65. The molecule has 11 heteroatoms. The summed E-state index contributed by atoms with van der Waals surface area (Å²) >= 11 is 0. The summed E-state index contributed by atoms with van der Waals surface area (Å²) in [5.74, 6) is -9.25. The van der Waals surface area contributed by atoms with Crippen molar-refractivity contribution in [3.63, 3.8) is 0 Å². The van der Waals surface area contributed by atoms with Crippen molar-refractivity contribution < 1.29 is 22.0 Å². The number of hydrogen-bond acceptors (Lipinski definition) is 6. The van der Waals surface area contributed by atoms with Crippen molar-refractivity contribution in [2.45, 2.75) is 6.92 Å². The van der Waals surface area contributed by atoms with Gasteiger partial charge in [-0.25, -0.2) is 22.0 Å². The van der Waals surface area contributed by atoms with Gasteiger partial charge in [0.2, 0.25) is 23.7 Å². The van der Waals surface area contributed by atoms with Gasteiger partial charge < -0.3 is 16.0 Å². The summed E-state index contributed by atoms with van der Waals surface area (Å²) in [6.07, 6.45) is 2.04. The summed E-state index contributed by atoms with van der Waals surface area (Å²) < 4.78 is 68.0. The first kappa shape index (κ1) is 24.6. The molecule has 0 saturated carbocycles. The van der Waals surface area contributed by atoms with Gasteiger partial charge in [-0.1, -0.05) is 30.3 Å². The van der Waals surface area contributed by atoms with E-state index in [2.05, 4.69) is 30.9 Å². The van der Waals surface area contributed by atoms with E-state index in [-0.39, 0.29) is 11.9 Å². The zero-order valence-corrected chi connectivity index (χ0v) is 19.0. The lowest BCUT2D eigenvalue weighted by molar-refractivity contribution is 0.377. The van der Waals surface area contributed by atoms with Crippen molar-refractivity contribution in [1.82, 2.24) is 15.0 Å². The van der Waals surface area contributed by atoms with E-state index in [1.54, 1.807) is 31.3 Å². The van der Waals surface area contributed by atoms with Crippen molar-refractivity contribution in [3.8, 4) is 0 Å². The van der Waals surface area contributed by atoms with Crippen molar-refractivity contribution in [2.75, 3.05) is 23.0 Å². The fraction of sp³-hybridized carbons (Fsp3) is 0.0800. The van der Waals surface area contributed by atoms with Crippen LogP contribution in [0.5, 0.6) is 0 Å². The third kappa shape index (κ3) is 5.40. The van der Waals surface area contributed by atoms with Crippen LogP contribution >= 0.6 is 0 Å². The molecule has 0 aliphatic rings. The molecule has 184 valence electrons. The zero-order valence-electron chi connectivity index (χ0n) is 19.0. The number of hydrogen-bond donors (Lipinski definition) is 3. The summed E-state index contributed by atoms with van der Waals surface area (Å²) in [6, 6.07) is 14.1. The molecule has 3 aromatic carbocycles. The molecule has 0 fully saturated rings. The van der Waals surface area contributed by atoms with E-state index in [0.29, 0.717) is 17.2 Å². The van der Waals surface area contributed by atoms with Gasteiger partial charge in [-0.15, -0.1) is 0 Å². The van der Waals surface area contributed by atoms with Crippen molar-refractivity contribution in [3.05, 3.63) is 94.3 Å². The number of aryl methyl sites for hydroxylation is 1. The van der Waals surface area contributed by atoms with Gasteiger partial charge in [0.05, 0.1) is 5.56 Å². The standard InChI is InChI=1S/C25H19F5N6/c1-13-5-3-7-15(11-13)32-24-34-23(31-2)35-25(36-24)33-16-8-4-6-14(12-16)9-10-17-18(26)20(28)22(30)21(29)19(17)27/h3-12H,1-2H3,(H3,31,32,33,34,35,36)/b10-9+. The fourth-order valence-corrected chi connectivity index (χ4v) is 3.25. The molecule has 4 aromatic rings. The van der Waals surface area contributed by atoms with E-state index in [9.17, 15) is 22.0 Å². The van der Waals surface area contributed by atoms with Crippen LogP contribution in [0.25, 0.3) is 12.2 Å². The number of nitrogens with zero attached hydrogens (tertiary/aromatic N) is 3. The minimum atomic E-state index is -2.21. The molecule has 3 N–H and O–H groups in total. The SMILES string of the molecule is CNc1nc(Nc2cccc(C)c2)nc(Nc2cccc(/C=C/c3c(F)c(F)c(F)c(F)c3F)c2)n1. The van der Waals surface area contributed by atoms with Gasteiger partial charge in [-0.05, 0) is 48.4 Å². The highest BCUT2D eigenvalue weighted by Gasteiger charge is 2.24. The lowest BCUT2D eigenvalue weighted by Crippen LogP contribution is -2.07. The molecule has 0 amide bonds. The first-order valence-electron chi connectivity index (χ1n) is 10.6. The maximum atomic E-state index is 13.9. The van der Waals surface area contributed by atoms with Crippen molar-refractivity contribution in [2.24, 2.45) is 0 Å². The van der Waals surface area contributed by atoms with Gasteiger partial charge in [0.15, 0.2) is 23.3 Å². The number of halogens is 5. The summed E-state index contributed by atoms with van der Waals surface area (Å²) in [5.41, 5.74) is 1.73. The fourth-order valence-electron chi connectivity index (χ4n) is 3.25. The first-order valence-corrected chi connectivity index (χ1v) is 10.6. The average Bonchev–Trinajstić information content (AvgIpc) is 2.86. The molecule has 0 radical (unpaired) electrons. The second-order valence-corrected chi connectivity index (χ2v) is 7.62. The molecule has 0 saturated heterocycles. The van der Waals surface area contributed by atoms with Gasteiger partial charge in [0.25, 0.3) is 0 Å². The Hall–Kier alpha value is -4.54. The van der Waals surface area contributed by atoms with E-state index < -0.39 is 34.6 Å². The van der Waals surface area contributed by atoms with Crippen LogP contribution in [0.4, 0.5) is 51.2 Å². The normalized spacial score (nSPS) is 11.1. The van der Waals surface area contributed by atoms with E-state index in [4.69, 9.17) is 0 Å². The number of benzene rings is 3. The predicted molar refractivity (Wildman–Crippen MR) is 129 cm³/mol. The number of anilines is 5. The Morgan fingerprint density at radius 3 is 1.75 bits per heavy atom. The van der Waals surface area contributed by atoms with Crippen LogP contribution in [-0.2, 0) is 0 Å². The minimum absolute atomic E-state index is 0.199. The van der Waals surface area contributed by atoms with Crippen LogP contribution in [0.2, 0.25) is 0 Å². The molecule has 0 aliphatic carbocycles. The number of nitrogens with one attached hydrogen (secondary N) is 3. The first-order chi connectivity index (χ1) is 17.2. The van der Waals surface area contributed by atoms with E-state index >= 15 is 0 Å². The van der Waals surface area contributed by atoms with Gasteiger partial charge in [0, 0.05) is 18.4 Å². The molecule has 0 bridgehead atoms. The lowest BCUT2D eigenvalue weighted by Gasteiger charge is -2.11. The number of aromatic nitrogens is 3. The minimum Gasteiger partial charge on any atom is -0.357 e. The zero-order chi connectivity index (χ0) is 25.8. The Bertz CT molecular complexity index is 1430. The Morgan fingerprint density at radius 2 is 1.17 bits per heavy atom. The van der Waals surface area contributed by atoms with Crippen LogP contribution in [-0.4, -0.2) is 22.0 Å². The van der Waals surface area contributed by atoms with Crippen LogP contribution in [0.1, 0.15) is 16.7 Å². The molecular formula is C25H19F5N6. The Morgan fingerprint density at radius 1 is 0.639 bits per heavy atom. The molecule has 0 aliphatic heterocycles. The van der Waals surface area contributed by atoms with Gasteiger partial charge in [0.1, 0.15) is 0 Å². The van der Waals surface area contributed by atoms with E-state index in [1.807, 2.05) is 31.2 Å². The lowest BCUT2D eigenvalue weighted by atomic mass is 10.1. The molecule has 6 nitrogen and oxygen atoms in total. The second-order valence-electron chi connectivity index (χ2n) is 7.62. The maximum Gasteiger partial charge on any atom is 0.233 e. The predicted octanol–water partition coefficient (Wildman–Crippen LogP) is 6.57. The van der Waals surface area contributed by atoms with Crippen molar-refractivity contribution >= 4 is 41.4 Å². The quantitative estimate of drug-likeness (QED) is 0.116. The van der Waals surface area contributed by atoms with Gasteiger partial charge >= 0.3 is 0 Å². The Labute approximate surface area is 203 Å². The highest BCUT2D eigenvalue weighted by molar-refractivity contribution is 5.72. The third-order valence-corrected chi connectivity index (χ3v) is 4.96. The molecule has 0 unspecified atom stereocenters. The largest absolute Gasteiger partial charge is 0.357 e. The molecule has 4 rings (SSSR count). The van der Waals surface area contributed by atoms with E-state index in [1.165, 1.54) is 6.08 Å². The molecule has 1 heterocycles. The highest BCUT2D eigenvalue weighted by Crippen LogP contribution is 2.25. The smallest absolute Gasteiger partial charge is 0.233 e. The summed E-state index contributed by atoms with van der Waals surface area (Å²) in [5, 5.41) is 8.97. The maximum absolute atomic E-state index is 13.9. The van der Waals surface area contributed by atoms with Gasteiger partial charge in [-0.3, -0.25) is 0 Å².